The second-order valence-electron chi connectivity index (χ2n) is 9.58. The van der Waals surface area contributed by atoms with E-state index in [0.29, 0.717) is 6.42 Å². The molecule has 0 saturated heterocycles. The largest absolute Gasteiger partial charge is 0.341 e. The number of hydrogen-bond donors (Lipinski definition) is 0. The number of likely N-dealkylation sites (N-methyl/N-ethyl adjacent to an activating group) is 1. The lowest BCUT2D eigenvalue weighted by Crippen LogP contribution is -2.39. The van der Waals surface area contributed by atoms with Crippen LogP contribution in [0.5, 0.6) is 0 Å². The minimum atomic E-state index is 0.256. The Balaban J connectivity index is 1.41. The zero-order valence-electron chi connectivity index (χ0n) is 19.2. The average Bonchev–Trinajstić information content (AvgIpc) is 3.58. The predicted molar refractivity (Wildman–Crippen MR) is 127 cm³/mol. The summed E-state index contributed by atoms with van der Waals surface area (Å²) in [5.41, 5.74) is 5.39. The van der Waals surface area contributed by atoms with Crippen LogP contribution in [0.1, 0.15) is 35.1 Å². The lowest BCUT2D eigenvalue weighted by Gasteiger charge is -2.31. The predicted octanol–water partition coefficient (Wildman–Crippen LogP) is 3.63. The van der Waals surface area contributed by atoms with E-state index in [9.17, 15) is 4.79 Å². The molecule has 0 aromatic heterocycles. The second-order valence-corrected chi connectivity index (χ2v) is 9.58. The van der Waals surface area contributed by atoms with Crippen molar-refractivity contribution in [2.24, 2.45) is 5.92 Å². The van der Waals surface area contributed by atoms with Gasteiger partial charge in [0.25, 0.3) is 0 Å². The summed E-state index contributed by atoms with van der Waals surface area (Å²) in [5, 5.41) is 0. The minimum absolute atomic E-state index is 0.256. The van der Waals surface area contributed by atoms with Gasteiger partial charge in [-0.2, -0.15) is 0 Å². The molecule has 2 aromatic rings. The molecule has 1 fully saturated rings. The molecular formula is C27H37N3O. The fraction of sp³-hybridized carbons (Fsp3) is 0.519. The molecule has 4 nitrogen and oxygen atoms in total. The van der Waals surface area contributed by atoms with Crippen LogP contribution in [0.4, 0.5) is 0 Å². The van der Waals surface area contributed by atoms with E-state index in [1.807, 2.05) is 6.07 Å². The van der Waals surface area contributed by atoms with Gasteiger partial charge in [-0.3, -0.25) is 9.69 Å². The lowest BCUT2D eigenvalue weighted by molar-refractivity contribution is -0.130. The smallest absolute Gasteiger partial charge is 0.227 e. The molecule has 1 aliphatic heterocycles. The van der Waals surface area contributed by atoms with Crippen LogP contribution in [0.15, 0.2) is 48.5 Å². The number of rotatable bonds is 10. The van der Waals surface area contributed by atoms with Crippen molar-refractivity contribution >= 4 is 5.91 Å². The second kappa shape index (κ2) is 10.4. The molecule has 0 bridgehead atoms. The van der Waals surface area contributed by atoms with E-state index in [2.05, 4.69) is 71.3 Å². The Morgan fingerprint density at radius 1 is 1.00 bits per heavy atom. The van der Waals surface area contributed by atoms with E-state index in [4.69, 9.17) is 0 Å². The third kappa shape index (κ3) is 6.41. The molecule has 2 aromatic carbocycles. The summed E-state index contributed by atoms with van der Waals surface area (Å²) in [6, 6.07) is 17.1. The highest BCUT2D eigenvalue weighted by Gasteiger charge is 2.27. The van der Waals surface area contributed by atoms with E-state index in [-0.39, 0.29) is 5.91 Å². The molecular weight excluding hydrogens is 382 g/mol. The molecule has 1 aliphatic carbocycles. The van der Waals surface area contributed by atoms with Gasteiger partial charge in [-0.15, -0.1) is 0 Å². The Bertz CT molecular complexity index is 860. The Morgan fingerprint density at radius 2 is 1.81 bits per heavy atom. The molecule has 1 heterocycles. The summed E-state index contributed by atoms with van der Waals surface area (Å²) in [4.78, 5) is 20.2. The van der Waals surface area contributed by atoms with E-state index < -0.39 is 0 Å². The van der Waals surface area contributed by atoms with Crippen molar-refractivity contribution in [3.8, 4) is 0 Å². The van der Waals surface area contributed by atoms with Crippen LogP contribution in [0.3, 0.4) is 0 Å². The Hall–Kier alpha value is -2.17. The molecule has 0 N–H and O–H groups in total. The number of fused-ring (bicyclic) bond motifs is 1. The maximum atomic E-state index is 13.3. The number of nitrogens with zero attached hydrogens (tertiary/aromatic N) is 3. The molecule has 0 atom stereocenters. The highest BCUT2D eigenvalue weighted by Crippen LogP contribution is 2.32. The highest BCUT2D eigenvalue weighted by molar-refractivity contribution is 5.79. The van der Waals surface area contributed by atoms with Gasteiger partial charge in [0.2, 0.25) is 5.91 Å². The fourth-order valence-electron chi connectivity index (χ4n) is 4.60. The first-order chi connectivity index (χ1) is 15.1. The summed E-state index contributed by atoms with van der Waals surface area (Å²) in [7, 11) is 4.14. The van der Waals surface area contributed by atoms with Gasteiger partial charge < -0.3 is 9.80 Å². The molecule has 0 radical (unpaired) electrons. The van der Waals surface area contributed by atoms with Gasteiger partial charge in [0.05, 0.1) is 6.42 Å². The first-order valence-corrected chi connectivity index (χ1v) is 11.9. The number of amides is 1. The van der Waals surface area contributed by atoms with E-state index in [1.54, 1.807) is 0 Å². The van der Waals surface area contributed by atoms with Gasteiger partial charge in [0.1, 0.15) is 0 Å². The van der Waals surface area contributed by atoms with Gasteiger partial charge in [-0.05, 0) is 68.0 Å². The van der Waals surface area contributed by atoms with Gasteiger partial charge >= 0.3 is 0 Å². The van der Waals surface area contributed by atoms with E-state index in [0.717, 1.165) is 51.5 Å². The molecule has 1 amide bonds. The van der Waals surface area contributed by atoms with E-state index in [1.165, 1.54) is 41.6 Å². The molecule has 4 heteroatoms. The lowest BCUT2D eigenvalue weighted by atomic mass is 9.92. The third-order valence-electron chi connectivity index (χ3n) is 6.68. The Kier molecular flexibility index (Phi) is 7.41. The molecule has 0 unspecified atom stereocenters. The number of carbonyl (C=O) groups excluding carboxylic acids is 1. The van der Waals surface area contributed by atoms with Gasteiger partial charge in [0, 0.05) is 39.3 Å². The fourth-order valence-corrected chi connectivity index (χ4v) is 4.60. The molecule has 31 heavy (non-hydrogen) atoms. The maximum Gasteiger partial charge on any atom is 0.227 e. The standard InChI is InChI=1S/C27H37N3O/c1-28(2)17-18-30(16-13-22-7-4-3-5-8-22)27(31)19-24-9-6-10-25-21-29(15-14-26(24)25)20-23-11-12-23/h3-10,23H,11-21H2,1-2H3. The molecule has 2 aliphatic rings. The van der Waals surface area contributed by atoms with E-state index >= 15 is 0 Å². The number of benzene rings is 2. The molecule has 4 rings (SSSR count). The zero-order chi connectivity index (χ0) is 21.6. The van der Waals surface area contributed by atoms with Crippen LogP contribution in [-0.2, 0) is 30.6 Å². The van der Waals surface area contributed by atoms with Crippen molar-refractivity contribution in [2.45, 2.75) is 38.6 Å². The van der Waals surface area contributed by atoms with Crippen molar-refractivity contribution < 1.29 is 4.79 Å². The monoisotopic (exact) mass is 419 g/mol. The topological polar surface area (TPSA) is 26.8 Å². The molecule has 1 saturated carbocycles. The third-order valence-corrected chi connectivity index (χ3v) is 6.68. The minimum Gasteiger partial charge on any atom is -0.341 e. The van der Waals surface area contributed by atoms with Crippen molar-refractivity contribution in [1.29, 1.82) is 0 Å². The number of carbonyl (C=O) groups is 1. The van der Waals surface area contributed by atoms with Gasteiger partial charge in [0.15, 0.2) is 0 Å². The quantitative estimate of drug-likeness (QED) is 0.588. The first-order valence-electron chi connectivity index (χ1n) is 11.9. The van der Waals surface area contributed by atoms with Crippen LogP contribution in [-0.4, -0.2) is 67.4 Å². The summed E-state index contributed by atoms with van der Waals surface area (Å²) in [6.07, 6.45) is 5.32. The highest BCUT2D eigenvalue weighted by atomic mass is 16.2. The summed E-state index contributed by atoms with van der Waals surface area (Å²) in [5.74, 6) is 1.19. The average molecular weight is 420 g/mol. The zero-order valence-corrected chi connectivity index (χ0v) is 19.2. The molecule has 166 valence electrons. The van der Waals surface area contributed by atoms with Crippen LogP contribution in [0, 0.1) is 5.92 Å². The summed E-state index contributed by atoms with van der Waals surface area (Å²) < 4.78 is 0. The van der Waals surface area contributed by atoms with Crippen molar-refractivity contribution in [1.82, 2.24) is 14.7 Å². The van der Waals surface area contributed by atoms with Crippen LogP contribution < -0.4 is 0 Å². The van der Waals surface area contributed by atoms with Crippen LogP contribution in [0.2, 0.25) is 0 Å². The molecule has 0 spiro atoms. The normalized spacial score (nSPS) is 16.4. The SMILES string of the molecule is CN(C)CCN(CCc1ccccc1)C(=O)Cc1cccc2c1CCN(CC1CC1)C2. The maximum absolute atomic E-state index is 13.3. The summed E-state index contributed by atoms with van der Waals surface area (Å²) in [6.45, 7) is 5.88. The van der Waals surface area contributed by atoms with Crippen LogP contribution >= 0.6 is 0 Å². The van der Waals surface area contributed by atoms with Gasteiger partial charge in [-0.25, -0.2) is 0 Å². The number of hydrogen-bond acceptors (Lipinski definition) is 3. The van der Waals surface area contributed by atoms with Crippen LogP contribution in [0.25, 0.3) is 0 Å². The summed E-state index contributed by atoms with van der Waals surface area (Å²) >= 11 is 0. The Labute approximate surface area is 187 Å². The van der Waals surface area contributed by atoms with Crippen molar-refractivity contribution in [3.05, 3.63) is 70.8 Å². The van der Waals surface area contributed by atoms with Crippen molar-refractivity contribution in [2.75, 3.05) is 46.8 Å². The van der Waals surface area contributed by atoms with Gasteiger partial charge in [-0.1, -0.05) is 48.5 Å². The Morgan fingerprint density at radius 3 is 2.55 bits per heavy atom. The first kappa shape index (κ1) is 22.0. The van der Waals surface area contributed by atoms with Crippen molar-refractivity contribution in [3.63, 3.8) is 0 Å².